The van der Waals surface area contributed by atoms with Crippen LogP contribution in [0.2, 0.25) is 5.02 Å². The van der Waals surface area contributed by atoms with Crippen molar-refractivity contribution in [2.45, 2.75) is 17.9 Å². The third-order valence-corrected chi connectivity index (χ3v) is 4.29. The summed E-state index contributed by atoms with van der Waals surface area (Å²) in [5, 5.41) is 0.135. The summed E-state index contributed by atoms with van der Waals surface area (Å²) in [7, 11) is -3.98. The average Bonchev–Trinajstić information content (AvgIpc) is 2.80. The minimum absolute atomic E-state index is 0.135. The van der Waals surface area contributed by atoms with E-state index in [1.165, 1.54) is 12.3 Å². The van der Waals surface area contributed by atoms with Gasteiger partial charge in [0.15, 0.2) is 0 Å². The first kappa shape index (κ1) is 14.0. The fourth-order valence-electron chi connectivity index (χ4n) is 1.59. The van der Waals surface area contributed by atoms with Gasteiger partial charge in [0.1, 0.15) is 16.5 Å². The van der Waals surface area contributed by atoms with E-state index >= 15 is 0 Å². The molecule has 0 aliphatic heterocycles. The van der Waals surface area contributed by atoms with Crippen LogP contribution in [0.5, 0.6) is 0 Å². The van der Waals surface area contributed by atoms with E-state index in [9.17, 15) is 12.8 Å². The van der Waals surface area contributed by atoms with Gasteiger partial charge in [-0.25, -0.2) is 17.5 Å². The first-order valence-electron chi connectivity index (χ1n) is 5.41. The molecule has 0 unspecified atom stereocenters. The van der Waals surface area contributed by atoms with Crippen LogP contribution in [0.3, 0.4) is 0 Å². The Morgan fingerprint density at radius 2 is 2.11 bits per heavy atom. The third-order valence-electron chi connectivity index (χ3n) is 2.49. The van der Waals surface area contributed by atoms with Gasteiger partial charge in [0.05, 0.1) is 12.3 Å². The fourth-order valence-corrected chi connectivity index (χ4v) is 3.02. The van der Waals surface area contributed by atoms with E-state index in [0.29, 0.717) is 5.76 Å². The molecule has 1 aromatic heterocycles. The second kappa shape index (κ2) is 5.32. The Bertz CT molecular complexity index is 670. The summed E-state index contributed by atoms with van der Waals surface area (Å²) in [6.07, 6.45) is 1.43. The van der Waals surface area contributed by atoms with Crippen molar-refractivity contribution < 1.29 is 17.2 Å². The van der Waals surface area contributed by atoms with Gasteiger partial charge in [-0.3, -0.25) is 0 Å². The van der Waals surface area contributed by atoms with E-state index in [0.717, 1.165) is 12.1 Å². The number of hydrogen-bond acceptors (Lipinski definition) is 3. The third kappa shape index (κ3) is 3.15. The topological polar surface area (TPSA) is 59.3 Å². The van der Waals surface area contributed by atoms with Crippen molar-refractivity contribution in [2.75, 3.05) is 0 Å². The maximum Gasteiger partial charge on any atom is 0.244 e. The lowest BCUT2D eigenvalue weighted by atomic mass is 10.3. The van der Waals surface area contributed by atoms with E-state index < -0.39 is 26.8 Å². The van der Waals surface area contributed by atoms with Crippen molar-refractivity contribution in [2.24, 2.45) is 0 Å². The van der Waals surface area contributed by atoms with Gasteiger partial charge in [-0.15, -0.1) is 0 Å². The van der Waals surface area contributed by atoms with Crippen molar-refractivity contribution >= 4 is 21.6 Å². The Hall–Kier alpha value is -1.37. The van der Waals surface area contributed by atoms with Gasteiger partial charge < -0.3 is 4.42 Å². The van der Waals surface area contributed by atoms with Gasteiger partial charge in [0, 0.05) is 5.02 Å². The highest BCUT2D eigenvalue weighted by Gasteiger charge is 2.23. The second-order valence-electron chi connectivity index (χ2n) is 3.93. The normalized spacial score (nSPS) is 13.4. The molecule has 0 bridgehead atoms. The summed E-state index contributed by atoms with van der Waals surface area (Å²) in [5.41, 5.74) is 0. The molecule has 0 saturated carbocycles. The molecule has 2 rings (SSSR count). The lowest BCUT2D eigenvalue weighted by molar-refractivity contribution is 0.458. The second-order valence-corrected chi connectivity index (χ2v) is 6.05. The number of benzene rings is 1. The highest BCUT2D eigenvalue weighted by atomic mass is 35.5. The Balaban J connectivity index is 2.28. The summed E-state index contributed by atoms with van der Waals surface area (Å²) < 4.78 is 45.1. The molecule has 1 aromatic carbocycles. The van der Waals surface area contributed by atoms with Gasteiger partial charge in [0.2, 0.25) is 10.0 Å². The highest BCUT2D eigenvalue weighted by Crippen LogP contribution is 2.21. The summed E-state index contributed by atoms with van der Waals surface area (Å²) in [6, 6.07) is 6.06. The first-order valence-corrected chi connectivity index (χ1v) is 7.27. The van der Waals surface area contributed by atoms with Gasteiger partial charge in [0.25, 0.3) is 0 Å². The van der Waals surface area contributed by atoms with Crippen molar-refractivity contribution in [3.8, 4) is 0 Å². The van der Waals surface area contributed by atoms with Crippen LogP contribution in [0.1, 0.15) is 18.7 Å². The number of nitrogens with one attached hydrogen (secondary N) is 1. The molecule has 1 N–H and O–H groups in total. The molecule has 1 atom stereocenters. The molecule has 0 spiro atoms. The number of sulfonamides is 1. The van der Waals surface area contributed by atoms with Gasteiger partial charge in [-0.2, -0.15) is 0 Å². The SMILES string of the molecule is C[C@H](NS(=O)(=O)c1ccc(Cl)cc1F)c1ccco1. The monoisotopic (exact) mass is 303 g/mol. The van der Waals surface area contributed by atoms with E-state index in [2.05, 4.69) is 4.72 Å². The number of furan rings is 1. The molecule has 0 amide bonds. The number of halogens is 2. The van der Waals surface area contributed by atoms with Crippen LogP contribution in [0.25, 0.3) is 0 Å². The summed E-state index contributed by atoms with van der Waals surface area (Å²) in [6.45, 7) is 1.60. The molecular formula is C12H11ClFNO3S. The van der Waals surface area contributed by atoms with Crippen LogP contribution in [-0.2, 0) is 10.0 Å². The Morgan fingerprint density at radius 1 is 1.37 bits per heavy atom. The molecule has 0 aliphatic rings. The Kier molecular flexibility index (Phi) is 3.93. The minimum Gasteiger partial charge on any atom is -0.468 e. The van der Waals surface area contributed by atoms with Crippen LogP contribution in [0.4, 0.5) is 4.39 Å². The minimum atomic E-state index is -3.98. The van der Waals surface area contributed by atoms with Crippen molar-refractivity contribution in [1.29, 1.82) is 0 Å². The molecule has 7 heteroatoms. The molecule has 0 aliphatic carbocycles. The van der Waals surface area contributed by atoms with Gasteiger partial charge >= 0.3 is 0 Å². The van der Waals surface area contributed by atoms with E-state index in [1.807, 2.05) is 0 Å². The van der Waals surface area contributed by atoms with Crippen LogP contribution >= 0.6 is 11.6 Å². The standard InChI is InChI=1S/C12H11ClFNO3S/c1-8(11-3-2-6-18-11)15-19(16,17)12-5-4-9(13)7-10(12)14/h2-8,15H,1H3/t8-/m0/s1. The van der Waals surface area contributed by atoms with Crippen molar-refractivity contribution in [1.82, 2.24) is 4.72 Å². The lowest BCUT2D eigenvalue weighted by Crippen LogP contribution is -2.27. The predicted molar refractivity (Wildman–Crippen MR) is 68.9 cm³/mol. The van der Waals surface area contributed by atoms with E-state index in [4.69, 9.17) is 16.0 Å². The Labute approximate surface area is 115 Å². The number of rotatable bonds is 4. The van der Waals surface area contributed by atoms with E-state index in [1.54, 1.807) is 19.1 Å². The molecule has 0 radical (unpaired) electrons. The summed E-state index contributed by atoms with van der Waals surface area (Å²) >= 11 is 5.58. The van der Waals surface area contributed by atoms with Crippen molar-refractivity contribution in [3.05, 3.63) is 53.2 Å². The Morgan fingerprint density at radius 3 is 2.68 bits per heavy atom. The predicted octanol–water partition coefficient (Wildman–Crippen LogP) is 3.11. The van der Waals surface area contributed by atoms with Crippen LogP contribution in [0, 0.1) is 5.82 Å². The first-order chi connectivity index (χ1) is 8.90. The quantitative estimate of drug-likeness (QED) is 0.944. The van der Waals surface area contributed by atoms with Crippen molar-refractivity contribution in [3.63, 3.8) is 0 Å². The maximum atomic E-state index is 13.6. The zero-order chi connectivity index (χ0) is 14.0. The van der Waals surface area contributed by atoms with Crippen LogP contribution < -0.4 is 4.72 Å². The zero-order valence-corrected chi connectivity index (χ0v) is 11.5. The highest BCUT2D eigenvalue weighted by molar-refractivity contribution is 7.89. The molecule has 1 heterocycles. The average molecular weight is 304 g/mol. The maximum absolute atomic E-state index is 13.6. The molecule has 4 nitrogen and oxygen atoms in total. The molecular weight excluding hydrogens is 293 g/mol. The van der Waals surface area contributed by atoms with Gasteiger partial charge in [-0.1, -0.05) is 11.6 Å². The molecule has 0 fully saturated rings. The fraction of sp³-hybridized carbons (Fsp3) is 0.167. The van der Waals surface area contributed by atoms with Crippen LogP contribution in [0.15, 0.2) is 45.9 Å². The zero-order valence-electron chi connectivity index (χ0n) is 9.93. The van der Waals surface area contributed by atoms with Crippen LogP contribution in [-0.4, -0.2) is 8.42 Å². The molecule has 2 aromatic rings. The smallest absolute Gasteiger partial charge is 0.244 e. The lowest BCUT2D eigenvalue weighted by Gasteiger charge is -2.12. The number of hydrogen-bond donors (Lipinski definition) is 1. The van der Waals surface area contributed by atoms with Gasteiger partial charge in [-0.05, 0) is 37.3 Å². The molecule has 0 saturated heterocycles. The summed E-state index contributed by atoms with van der Waals surface area (Å²) in [4.78, 5) is -0.449. The van der Waals surface area contributed by atoms with E-state index in [-0.39, 0.29) is 5.02 Å². The molecule has 19 heavy (non-hydrogen) atoms. The largest absolute Gasteiger partial charge is 0.468 e. The molecule has 102 valence electrons. The summed E-state index contributed by atoms with van der Waals surface area (Å²) in [5.74, 6) is -0.454.